The van der Waals surface area contributed by atoms with Crippen molar-refractivity contribution in [3.8, 4) is 0 Å². The Labute approximate surface area is 108 Å². The number of nitrogens with two attached hydrogens (primary N) is 2. The molecule has 17 heavy (non-hydrogen) atoms. The largest absolute Gasteiger partial charge is 0.398 e. The lowest BCUT2D eigenvalue weighted by Gasteiger charge is -2.20. The maximum atomic E-state index is 12.1. The molecule has 1 aromatic carbocycles. The fourth-order valence-electron chi connectivity index (χ4n) is 1.40. The Balaban J connectivity index is 3.02. The number of benzene rings is 1. The lowest BCUT2D eigenvalue weighted by molar-refractivity contribution is -0.118. The molecule has 4 N–H and O–H groups in total. The molecule has 0 fully saturated rings. The summed E-state index contributed by atoms with van der Waals surface area (Å²) in [5, 5.41) is 0. The maximum Gasteiger partial charge on any atom is 0.255 e. The van der Waals surface area contributed by atoms with E-state index in [2.05, 4.69) is 15.9 Å². The van der Waals surface area contributed by atoms with Crippen LogP contribution in [0.4, 0.5) is 5.69 Å². The van der Waals surface area contributed by atoms with E-state index < -0.39 is 5.91 Å². The predicted molar refractivity (Wildman–Crippen MR) is 69.3 cm³/mol. The van der Waals surface area contributed by atoms with Gasteiger partial charge in [0.15, 0.2) is 0 Å². The van der Waals surface area contributed by atoms with Crippen LogP contribution < -0.4 is 11.5 Å². The highest BCUT2D eigenvalue weighted by atomic mass is 79.9. The molecule has 92 valence electrons. The summed E-state index contributed by atoms with van der Waals surface area (Å²) in [6.07, 6.45) is 0. The van der Waals surface area contributed by atoms with Gasteiger partial charge in [-0.2, -0.15) is 0 Å². The van der Waals surface area contributed by atoms with Crippen LogP contribution in [0.1, 0.15) is 17.3 Å². The first-order valence-corrected chi connectivity index (χ1v) is 5.88. The van der Waals surface area contributed by atoms with Crippen LogP contribution in [0.3, 0.4) is 0 Å². The van der Waals surface area contributed by atoms with Gasteiger partial charge in [0.05, 0.1) is 16.6 Å². The summed E-state index contributed by atoms with van der Waals surface area (Å²) in [6.45, 7) is 2.08. The molecule has 0 aliphatic heterocycles. The Morgan fingerprint density at radius 2 is 2.06 bits per heavy atom. The van der Waals surface area contributed by atoms with Crippen LogP contribution in [-0.4, -0.2) is 29.8 Å². The van der Waals surface area contributed by atoms with Crippen molar-refractivity contribution in [3.05, 3.63) is 28.2 Å². The SMILES string of the molecule is CCN(CC(N)=O)C(=O)c1cccc(N)c1Br. The van der Waals surface area contributed by atoms with Crippen molar-refractivity contribution in [2.75, 3.05) is 18.8 Å². The molecule has 0 atom stereocenters. The van der Waals surface area contributed by atoms with Crippen molar-refractivity contribution >= 4 is 33.4 Å². The zero-order valence-electron chi connectivity index (χ0n) is 9.44. The van der Waals surface area contributed by atoms with Crippen LogP contribution in [0, 0.1) is 0 Å². The van der Waals surface area contributed by atoms with Crippen molar-refractivity contribution < 1.29 is 9.59 Å². The lowest BCUT2D eigenvalue weighted by Crippen LogP contribution is -2.38. The van der Waals surface area contributed by atoms with Gasteiger partial charge in [-0.15, -0.1) is 0 Å². The third-order valence-electron chi connectivity index (χ3n) is 2.27. The molecule has 0 bridgehead atoms. The van der Waals surface area contributed by atoms with Gasteiger partial charge in [0.25, 0.3) is 5.91 Å². The van der Waals surface area contributed by atoms with Gasteiger partial charge in [-0.3, -0.25) is 9.59 Å². The summed E-state index contributed by atoms with van der Waals surface area (Å²) < 4.78 is 0.535. The van der Waals surface area contributed by atoms with E-state index in [-0.39, 0.29) is 12.5 Å². The van der Waals surface area contributed by atoms with Crippen LogP contribution in [-0.2, 0) is 4.79 Å². The van der Waals surface area contributed by atoms with E-state index in [0.717, 1.165) is 0 Å². The third-order valence-corrected chi connectivity index (χ3v) is 3.16. The zero-order valence-corrected chi connectivity index (χ0v) is 11.0. The van der Waals surface area contributed by atoms with Gasteiger partial charge in [0.2, 0.25) is 5.91 Å². The monoisotopic (exact) mass is 299 g/mol. The smallest absolute Gasteiger partial charge is 0.255 e. The number of nitrogen functional groups attached to an aromatic ring is 1. The van der Waals surface area contributed by atoms with Gasteiger partial charge in [0.1, 0.15) is 0 Å². The molecule has 0 aliphatic rings. The molecule has 5 nitrogen and oxygen atoms in total. The number of nitrogens with zero attached hydrogens (tertiary/aromatic N) is 1. The topological polar surface area (TPSA) is 89.4 Å². The molecular weight excluding hydrogens is 286 g/mol. The van der Waals surface area contributed by atoms with Crippen molar-refractivity contribution in [2.45, 2.75) is 6.92 Å². The lowest BCUT2D eigenvalue weighted by atomic mass is 10.1. The van der Waals surface area contributed by atoms with Crippen molar-refractivity contribution in [3.63, 3.8) is 0 Å². The second-order valence-corrected chi connectivity index (χ2v) is 4.29. The van der Waals surface area contributed by atoms with Crippen LogP contribution in [0.25, 0.3) is 0 Å². The van der Waals surface area contributed by atoms with Crippen molar-refractivity contribution in [1.29, 1.82) is 0 Å². The normalized spacial score (nSPS) is 10.0. The quantitative estimate of drug-likeness (QED) is 0.812. The molecule has 0 saturated carbocycles. The Morgan fingerprint density at radius 1 is 1.41 bits per heavy atom. The van der Waals surface area contributed by atoms with E-state index in [9.17, 15) is 9.59 Å². The van der Waals surface area contributed by atoms with Gasteiger partial charge in [0, 0.05) is 12.2 Å². The average Bonchev–Trinajstić information content (AvgIpc) is 2.28. The van der Waals surface area contributed by atoms with Crippen LogP contribution in [0.5, 0.6) is 0 Å². The first kappa shape index (κ1) is 13.5. The maximum absolute atomic E-state index is 12.1. The van der Waals surface area contributed by atoms with E-state index >= 15 is 0 Å². The van der Waals surface area contributed by atoms with Crippen LogP contribution in [0.15, 0.2) is 22.7 Å². The summed E-state index contributed by atoms with van der Waals surface area (Å²) >= 11 is 3.26. The minimum Gasteiger partial charge on any atom is -0.398 e. The van der Waals surface area contributed by atoms with Gasteiger partial charge in [-0.05, 0) is 35.0 Å². The number of carbonyl (C=O) groups is 2. The zero-order chi connectivity index (χ0) is 13.0. The number of likely N-dealkylation sites (N-methyl/N-ethyl adjacent to an activating group) is 1. The predicted octanol–water partition coefficient (Wildman–Crippen LogP) is 0.979. The molecule has 0 aromatic heterocycles. The number of anilines is 1. The molecule has 1 rings (SSSR count). The minimum atomic E-state index is -0.541. The molecule has 0 spiro atoms. The van der Waals surface area contributed by atoms with Crippen LogP contribution >= 0.6 is 15.9 Å². The van der Waals surface area contributed by atoms with Gasteiger partial charge in [-0.1, -0.05) is 6.07 Å². The first-order chi connectivity index (χ1) is 7.97. The number of hydrogen-bond donors (Lipinski definition) is 2. The molecule has 6 heteroatoms. The van der Waals surface area contributed by atoms with Crippen molar-refractivity contribution in [2.24, 2.45) is 5.73 Å². The standard InChI is InChI=1S/C11H14BrN3O2/c1-2-15(6-9(14)16)11(17)7-4-3-5-8(13)10(7)12/h3-5H,2,6,13H2,1H3,(H2,14,16). The summed E-state index contributed by atoms with van der Waals surface area (Å²) in [4.78, 5) is 24.3. The van der Waals surface area contributed by atoms with E-state index in [1.807, 2.05) is 0 Å². The molecule has 0 aliphatic carbocycles. The summed E-state index contributed by atoms with van der Waals surface area (Å²) in [6, 6.07) is 5.02. The fraction of sp³-hybridized carbons (Fsp3) is 0.273. The summed E-state index contributed by atoms with van der Waals surface area (Å²) in [7, 11) is 0. The number of carbonyl (C=O) groups excluding carboxylic acids is 2. The Morgan fingerprint density at radius 3 is 2.59 bits per heavy atom. The average molecular weight is 300 g/mol. The molecule has 2 amide bonds. The van der Waals surface area contributed by atoms with E-state index in [0.29, 0.717) is 22.3 Å². The third kappa shape index (κ3) is 3.20. The van der Waals surface area contributed by atoms with Crippen molar-refractivity contribution in [1.82, 2.24) is 4.90 Å². The van der Waals surface area contributed by atoms with E-state index in [1.165, 1.54) is 4.90 Å². The second-order valence-electron chi connectivity index (χ2n) is 3.49. The summed E-state index contributed by atoms with van der Waals surface area (Å²) in [5.74, 6) is -0.814. The van der Waals surface area contributed by atoms with Gasteiger partial charge in [-0.25, -0.2) is 0 Å². The molecular formula is C11H14BrN3O2. The Bertz CT molecular complexity index is 448. The highest BCUT2D eigenvalue weighted by Crippen LogP contribution is 2.24. The fourth-order valence-corrected chi connectivity index (χ4v) is 1.83. The highest BCUT2D eigenvalue weighted by Gasteiger charge is 2.19. The first-order valence-electron chi connectivity index (χ1n) is 5.09. The second kappa shape index (κ2) is 5.67. The molecule has 0 radical (unpaired) electrons. The number of primary amides is 1. The Hall–Kier alpha value is -1.56. The Kier molecular flexibility index (Phi) is 4.51. The van der Waals surface area contributed by atoms with Gasteiger partial charge < -0.3 is 16.4 Å². The molecule has 0 unspecified atom stereocenters. The summed E-state index contributed by atoms with van der Waals surface area (Å²) in [5.41, 5.74) is 11.7. The molecule has 0 saturated heterocycles. The molecule has 1 aromatic rings. The number of amides is 2. The van der Waals surface area contributed by atoms with E-state index in [4.69, 9.17) is 11.5 Å². The van der Waals surface area contributed by atoms with Gasteiger partial charge >= 0.3 is 0 Å². The number of hydrogen-bond acceptors (Lipinski definition) is 3. The number of halogens is 1. The van der Waals surface area contributed by atoms with E-state index in [1.54, 1.807) is 25.1 Å². The minimum absolute atomic E-state index is 0.101. The molecule has 0 heterocycles. The number of rotatable bonds is 4. The highest BCUT2D eigenvalue weighted by molar-refractivity contribution is 9.10. The van der Waals surface area contributed by atoms with Crippen LogP contribution in [0.2, 0.25) is 0 Å².